The SMILES string of the molecule is CCc1cc(C(=O)N[C@H]2CCN(S(=O)(=O)N3CCC(C)CC3)[C@@H](C)C2)no1. The highest BCUT2D eigenvalue weighted by atomic mass is 32.2. The van der Waals surface area contributed by atoms with E-state index in [1.54, 1.807) is 14.7 Å². The van der Waals surface area contributed by atoms with Crippen LogP contribution in [0, 0.1) is 5.92 Å². The van der Waals surface area contributed by atoms with E-state index in [4.69, 9.17) is 4.52 Å². The van der Waals surface area contributed by atoms with E-state index in [-0.39, 0.29) is 23.7 Å². The molecule has 0 saturated carbocycles. The lowest BCUT2D eigenvalue weighted by atomic mass is 10.0. The predicted octanol–water partition coefficient (Wildman–Crippen LogP) is 1.80. The van der Waals surface area contributed by atoms with Crippen LogP contribution in [0.15, 0.2) is 10.6 Å². The molecule has 2 atom stereocenters. The number of carbonyl (C=O) groups excluding carboxylic acids is 1. The molecule has 0 spiro atoms. The van der Waals surface area contributed by atoms with Gasteiger partial charge in [0.2, 0.25) is 0 Å². The molecule has 1 N–H and O–H groups in total. The Balaban J connectivity index is 1.57. The van der Waals surface area contributed by atoms with E-state index in [1.165, 1.54) is 0 Å². The summed E-state index contributed by atoms with van der Waals surface area (Å²) in [4.78, 5) is 12.3. The second-order valence-electron chi connectivity index (χ2n) is 7.78. The van der Waals surface area contributed by atoms with Gasteiger partial charge in [0.05, 0.1) is 0 Å². The quantitative estimate of drug-likeness (QED) is 0.816. The monoisotopic (exact) mass is 398 g/mol. The molecule has 9 heteroatoms. The zero-order valence-corrected chi connectivity index (χ0v) is 17.2. The average Bonchev–Trinajstić information content (AvgIpc) is 3.11. The van der Waals surface area contributed by atoms with Gasteiger partial charge in [-0.25, -0.2) is 0 Å². The topological polar surface area (TPSA) is 95.8 Å². The summed E-state index contributed by atoms with van der Waals surface area (Å²) >= 11 is 0. The van der Waals surface area contributed by atoms with Crippen LogP contribution in [0.5, 0.6) is 0 Å². The van der Waals surface area contributed by atoms with Crippen LogP contribution in [0.2, 0.25) is 0 Å². The van der Waals surface area contributed by atoms with Crippen LogP contribution >= 0.6 is 0 Å². The van der Waals surface area contributed by atoms with Crippen molar-refractivity contribution in [3.63, 3.8) is 0 Å². The number of aromatic nitrogens is 1. The first kappa shape index (κ1) is 20.3. The fraction of sp³-hybridized carbons (Fsp3) is 0.778. The Bertz CT molecular complexity index is 755. The third-order valence-corrected chi connectivity index (χ3v) is 7.81. The fourth-order valence-corrected chi connectivity index (χ4v) is 5.68. The molecule has 1 aromatic heterocycles. The van der Waals surface area contributed by atoms with Crippen molar-refractivity contribution in [2.75, 3.05) is 19.6 Å². The van der Waals surface area contributed by atoms with E-state index in [9.17, 15) is 13.2 Å². The Morgan fingerprint density at radius 3 is 2.56 bits per heavy atom. The summed E-state index contributed by atoms with van der Waals surface area (Å²) < 4.78 is 34.3. The Labute approximate surface area is 161 Å². The molecule has 1 amide bonds. The number of nitrogens with one attached hydrogen (secondary N) is 1. The molecule has 2 fully saturated rings. The van der Waals surface area contributed by atoms with Crippen molar-refractivity contribution >= 4 is 16.1 Å². The molecule has 152 valence electrons. The van der Waals surface area contributed by atoms with Crippen molar-refractivity contribution in [2.24, 2.45) is 5.92 Å². The molecular formula is C18H30N4O4S. The number of hydrogen-bond donors (Lipinski definition) is 1. The van der Waals surface area contributed by atoms with Crippen LogP contribution in [-0.4, -0.2) is 59.8 Å². The van der Waals surface area contributed by atoms with E-state index in [0.29, 0.717) is 50.6 Å². The van der Waals surface area contributed by atoms with Crippen LogP contribution in [0.1, 0.15) is 62.7 Å². The Morgan fingerprint density at radius 2 is 1.96 bits per heavy atom. The van der Waals surface area contributed by atoms with Crippen molar-refractivity contribution in [1.29, 1.82) is 0 Å². The molecule has 0 aliphatic carbocycles. The van der Waals surface area contributed by atoms with Crippen LogP contribution in [0.3, 0.4) is 0 Å². The Kier molecular flexibility index (Phi) is 6.22. The van der Waals surface area contributed by atoms with Gasteiger partial charge in [0.25, 0.3) is 16.1 Å². The molecule has 0 bridgehead atoms. The largest absolute Gasteiger partial charge is 0.361 e. The number of piperidine rings is 2. The summed E-state index contributed by atoms with van der Waals surface area (Å²) in [5.74, 6) is 0.988. The summed E-state index contributed by atoms with van der Waals surface area (Å²) in [5, 5.41) is 6.76. The zero-order chi connectivity index (χ0) is 19.6. The van der Waals surface area contributed by atoms with E-state index in [0.717, 1.165) is 12.8 Å². The number of amides is 1. The smallest absolute Gasteiger partial charge is 0.282 e. The number of carbonyl (C=O) groups is 1. The molecule has 2 saturated heterocycles. The minimum absolute atomic E-state index is 0.0675. The predicted molar refractivity (Wildman–Crippen MR) is 101 cm³/mol. The first-order valence-corrected chi connectivity index (χ1v) is 11.2. The molecule has 0 unspecified atom stereocenters. The summed E-state index contributed by atoms with van der Waals surface area (Å²) in [7, 11) is -3.44. The van der Waals surface area contributed by atoms with Crippen LogP contribution in [-0.2, 0) is 16.6 Å². The third-order valence-electron chi connectivity index (χ3n) is 5.66. The van der Waals surface area contributed by atoms with Crippen molar-refractivity contribution in [3.8, 4) is 0 Å². The lowest BCUT2D eigenvalue weighted by Crippen LogP contribution is -2.55. The fourth-order valence-electron chi connectivity index (χ4n) is 3.83. The number of aryl methyl sites for hydroxylation is 1. The summed E-state index contributed by atoms with van der Waals surface area (Å²) in [6.45, 7) is 7.62. The van der Waals surface area contributed by atoms with Gasteiger partial charge in [-0.05, 0) is 38.5 Å². The van der Waals surface area contributed by atoms with Gasteiger partial charge in [-0.2, -0.15) is 17.0 Å². The Hall–Kier alpha value is -1.45. The molecule has 2 aliphatic rings. The summed E-state index contributed by atoms with van der Waals surface area (Å²) in [5.41, 5.74) is 0.275. The first-order chi connectivity index (χ1) is 12.8. The van der Waals surface area contributed by atoms with E-state index >= 15 is 0 Å². The molecule has 2 aliphatic heterocycles. The number of hydrogen-bond acceptors (Lipinski definition) is 5. The molecular weight excluding hydrogens is 368 g/mol. The van der Waals surface area contributed by atoms with Gasteiger partial charge >= 0.3 is 0 Å². The zero-order valence-electron chi connectivity index (χ0n) is 16.3. The normalized spacial score (nSPS) is 26.2. The Morgan fingerprint density at radius 1 is 1.26 bits per heavy atom. The summed E-state index contributed by atoms with van der Waals surface area (Å²) in [6.07, 6.45) is 3.70. The minimum atomic E-state index is -3.44. The van der Waals surface area contributed by atoms with Gasteiger partial charge in [-0.15, -0.1) is 0 Å². The van der Waals surface area contributed by atoms with Crippen LogP contribution in [0.25, 0.3) is 0 Å². The van der Waals surface area contributed by atoms with Gasteiger partial charge < -0.3 is 9.84 Å². The van der Waals surface area contributed by atoms with Crippen LogP contribution < -0.4 is 5.32 Å². The van der Waals surface area contributed by atoms with Gasteiger partial charge in [0, 0.05) is 44.2 Å². The number of nitrogens with zero attached hydrogens (tertiary/aromatic N) is 3. The molecule has 0 aromatic carbocycles. The second-order valence-corrected chi connectivity index (χ2v) is 9.66. The van der Waals surface area contributed by atoms with Gasteiger partial charge in [0.15, 0.2) is 5.69 Å². The lowest BCUT2D eigenvalue weighted by Gasteiger charge is -2.40. The van der Waals surface area contributed by atoms with Crippen molar-refractivity contribution in [1.82, 2.24) is 19.1 Å². The van der Waals surface area contributed by atoms with Gasteiger partial charge in [-0.3, -0.25) is 4.79 Å². The van der Waals surface area contributed by atoms with E-state index in [1.807, 2.05) is 13.8 Å². The van der Waals surface area contributed by atoms with Gasteiger partial charge in [0.1, 0.15) is 5.76 Å². The molecule has 27 heavy (non-hydrogen) atoms. The second kappa shape index (κ2) is 8.28. The third kappa shape index (κ3) is 4.52. The molecule has 8 nitrogen and oxygen atoms in total. The highest BCUT2D eigenvalue weighted by Gasteiger charge is 2.38. The maximum Gasteiger partial charge on any atom is 0.282 e. The standard InChI is InChI=1S/C18H30N4O4S/c1-4-16-12-17(20-26-16)18(23)19-15-7-10-22(14(3)11-15)27(24,25)21-8-5-13(2)6-9-21/h12-15H,4-11H2,1-3H3,(H,19,23)/t14-,15-/m0/s1. The maximum absolute atomic E-state index is 13.0. The minimum Gasteiger partial charge on any atom is -0.361 e. The van der Waals surface area contributed by atoms with E-state index in [2.05, 4.69) is 17.4 Å². The molecule has 3 rings (SSSR count). The highest BCUT2D eigenvalue weighted by Crippen LogP contribution is 2.26. The van der Waals surface area contributed by atoms with Crippen molar-refractivity contribution in [3.05, 3.63) is 17.5 Å². The van der Waals surface area contributed by atoms with Gasteiger partial charge in [-0.1, -0.05) is 19.0 Å². The average molecular weight is 399 g/mol. The number of rotatable bonds is 5. The lowest BCUT2D eigenvalue weighted by molar-refractivity contribution is 0.0903. The molecule has 1 aromatic rings. The van der Waals surface area contributed by atoms with Crippen molar-refractivity contribution < 1.29 is 17.7 Å². The summed E-state index contributed by atoms with van der Waals surface area (Å²) in [6, 6.07) is 1.43. The van der Waals surface area contributed by atoms with Crippen molar-refractivity contribution in [2.45, 2.75) is 65.0 Å². The molecule has 3 heterocycles. The maximum atomic E-state index is 13.0. The highest BCUT2D eigenvalue weighted by molar-refractivity contribution is 7.86. The van der Waals surface area contributed by atoms with Crippen LogP contribution in [0.4, 0.5) is 0 Å². The first-order valence-electron chi connectivity index (χ1n) is 9.84. The van der Waals surface area contributed by atoms with E-state index < -0.39 is 10.2 Å². The molecule has 0 radical (unpaired) electrons.